The number of benzene rings is 1. The highest BCUT2D eigenvalue weighted by molar-refractivity contribution is 7.94. The lowest BCUT2D eigenvalue weighted by Crippen LogP contribution is -2.31. The van der Waals surface area contributed by atoms with E-state index in [9.17, 15) is 18.3 Å². The van der Waals surface area contributed by atoms with E-state index in [1.807, 2.05) is 0 Å². The van der Waals surface area contributed by atoms with Gasteiger partial charge in [0.2, 0.25) is 0 Å². The zero-order chi connectivity index (χ0) is 17.6. The van der Waals surface area contributed by atoms with Gasteiger partial charge in [-0.3, -0.25) is 0 Å². The van der Waals surface area contributed by atoms with Crippen LogP contribution in [0.1, 0.15) is 25.3 Å². The summed E-state index contributed by atoms with van der Waals surface area (Å²) in [7, 11) is -3.68. The monoisotopic (exact) mass is 352 g/mol. The molecule has 3 N–H and O–H groups in total. The van der Waals surface area contributed by atoms with E-state index in [1.54, 1.807) is 32.0 Å². The molecule has 3 rings (SSSR count). The van der Waals surface area contributed by atoms with Gasteiger partial charge in [0, 0.05) is 28.9 Å². The second-order valence-electron chi connectivity index (χ2n) is 5.63. The molecular weight excluding hydrogens is 336 g/mol. The van der Waals surface area contributed by atoms with E-state index in [0.717, 1.165) is 6.26 Å². The van der Waals surface area contributed by atoms with E-state index in [0.29, 0.717) is 22.7 Å². The van der Waals surface area contributed by atoms with Crippen molar-refractivity contribution in [3.63, 3.8) is 0 Å². The van der Waals surface area contributed by atoms with E-state index < -0.39 is 21.7 Å². The zero-order valence-electron chi connectivity index (χ0n) is 13.2. The lowest BCUT2D eigenvalue weighted by molar-refractivity contribution is -0.133. The molecule has 0 amide bonds. The van der Waals surface area contributed by atoms with Crippen LogP contribution in [0, 0.1) is 0 Å². The number of aliphatic carboxylic acids is 1. The summed E-state index contributed by atoms with van der Waals surface area (Å²) in [5.74, 6) is -1.58. The number of nitrogens with one attached hydrogen (secondary N) is 2. The first kappa shape index (κ1) is 16.3. The van der Waals surface area contributed by atoms with Crippen LogP contribution in [0.2, 0.25) is 0 Å². The number of carboxylic acid groups (broad SMARTS) is 1. The Kier molecular flexibility index (Phi) is 3.77. The summed E-state index contributed by atoms with van der Waals surface area (Å²) >= 11 is 0. The maximum absolute atomic E-state index is 12.4. The highest BCUT2D eigenvalue weighted by Gasteiger charge is 2.40. The largest absolute Gasteiger partial charge is 0.478 e. The molecule has 0 aromatic heterocycles. The standard InChI is InChI=1S/C15H16N2O6S/c1-7-11(15(18)19)12(14(8(2)16-7)24(3,20)21)9-5-4-6-10-13(9)23-17-22-10/h4-6,12,16-17H,1-3H3,(H,18,19). The minimum absolute atomic E-state index is 0.00519. The first-order valence-electron chi connectivity index (χ1n) is 7.05. The van der Waals surface area contributed by atoms with Crippen LogP contribution < -0.4 is 20.6 Å². The average Bonchev–Trinajstić information content (AvgIpc) is 2.92. The summed E-state index contributed by atoms with van der Waals surface area (Å²) < 4.78 is 24.7. The van der Waals surface area contributed by atoms with Crippen molar-refractivity contribution in [2.45, 2.75) is 19.8 Å². The lowest BCUT2D eigenvalue weighted by Gasteiger charge is -2.30. The molecule has 0 saturated carbocycles. The summed E-state index contributed by atoms with van der Waals surface area (Å²) in [6, 6.07) is 4.91. The van der Waals surface area contributed by atoms with Crippen LogP contribution in [0.3, 0.4) is 0 Å². The number of dihydropyridines is 1. The van der Waals surface area contributed by atoms with Crippen LogP contribution in [0.15, 0.2) is 40.1 Å². The van der Waals surface area contributed by atoms with Gasteiger partial charge in [-0.25, -0.2) is 13.2 Å². The number of sulfone groups is 1. The normalized spacial score (nSPS) is 20.2. The third kappa shape index (κ3) is 2.51. The van der Waals surface area contributed by atoms with Crippen molar-refractivity contribution in [2.75, 3.05) is 6.26 Å². The van der Waals surface area contributed by atoms with E-state index >= 15 is 0 Å². The van der Waals surface area contributed by atoms with Crippen molar-refractivity contribution in [3.8, 4) is 11.5 Å². The fourth-order valence-electron chi connectivity index (χ4n) is 3.10. The Morgan fingerprint density at radius 1 is 1.21 bits per heavy atom. The molecule has 0 aliphatic carbocycles. The Morgan fingerprint density at radius 2 is 1.92 bits per heavy atom. The quantitative estimate of drug-likeness (QED) is 0.743. The van der Waals surface area contributed by atoms with E-state index in [1.165, 1.54) is 0 Å². The van der Waals surface area contributed by atoms with E-state index in [-0.39, 0.29) is 16.2 Å². The van der Waals surface area contributed by atoms with Crippen LogP contribution in [0.5, 0.6) is 11.5 Å². The molecule has 0 radical (unpaired) electrons. The molecule has 0 spiro atoms. The maximum atomic E-state index is 12.4. The summed E-state index contributed by atoms with van der Waals surface area (Å²) in [4.78, 5) is 22.1. The Morgan fingerprint density at radius 3 is 2.54 bits per heavy atom. The fraction of sp³-hybridized carbons (Fsp3) is 0.267. The van der Waals surface area contributed by atoms with Crippen LogP contribution >= 0.6 is 0 Å². The molecule has 1 aromatic carbocycles. The van der Waals surface area contributed by atoms with Crippen LogP contribution in [-0.4, -0.2) is 25.7 Å². The zero-order valence-corrected chi connectivity index (χ0v) is 14.0. The first-order valence-corrected chi connectivity index (χ1v) is 8.94. The number of allylic oxidation sites excluding steroid dienone is 3. The Hall–Kier alpha value is -2.52. The summed E-state index contributed by atoms with van der Waals surface area (Å²) in [5.41, 5.74) is 3.35. The predicted octanol–water partition coefficient (Wildman–Crippen LogP) is 1.20. The highest BCUT2D eigenvalue weighted by atomic mass is 32.2. The van der Waals surface area contributed by atoms with Gasteiger partial charge in [0.05, 0.1) is 16.4 Å². The molecule has 1 aromatic rings. The van der Waals surface area contributed by atoms with Crippen molar-refractivity contribution in [3.05, 3.63) is 45.6 Å². The van der Waals surface area contributed by atoms with Gasteiger partial charge in [-0.2, -0.15) is 0 Å². The van der Waals surface area contributed by atoms with Crippen molar-refractivity contribution in [1.82, 2.24) is 11.0 Å². The van der Waals surface area contributed by atoms with Gasteiger partial charge in [-0.15, -0.1) is 0 Å². The van der Waals surface area contributed by atoms with Gasteiger partial charge in [0.25, 0.3) is 0 Å². The highest BCUT2D eigenvalue weighted by Crippen LogP contribution is 2.47. The first-order chi connectivity index (χ1) is 11.2. The van der Waals surface area contributed by atoms with E-state index in [4.69, 9.17) is 9.68 Å². The van der Waals surface area contributed by atoms with E-state index in [2.05, 4.69) is 11.0 Å². The number of carboxylic acids is 1. The fourth-order valence-corrected chi connectivity index (χ4v) is 4.38. The third-order valence-corrected chi connectivity index (χ3v) is 5.29. The molecule has 2 aliphatic rings. The molecule has 24 heavy (non-hydrogen) atoms. The number of carbonyl (C=O) groups is 1. The SMILES string of the molecule is CC1=C(C(=O)O)C(c2cccc3c2ONO3)C(S(C)(=O)=O)=C(C)N1. The molecule has 2 aliphatic heterocycles. The Labute approximate surface area is 138 Å². The topological polar surface area (TPSA) is 114 Å². The molecular formula is C15H16N2O6S. The number of fused-ring (bicyclic) bond motifs is 1. The Balaban J connectivity index is 2.32. The molecule has 1 unspecified atom stereocenters. The van der Waals surface area contributed by atoms with Crippen LogP contribution in [-0.2, 0) is 14.6 Å². The smallest absolute Gasteiger partial charge is 0.334 e. The van der Waals surface area contributed by atoms with Gasteiger partial charge >= 0.3 is 5.97 Å². The minimum Gasteiger partial charge on any atom is -0.478 e. The lowest BCUT2D eigenvalue weighted by atomic mass is 9.86. The van der Waals surface area contributed by atoms with Gasteiger partial charge in [-0.05, 0) is 19.9 Å². The van der Waals surface area contributed by atoms with Crippen molar-refractivity contribution >= 4 is 15.8 Å². The minimum atomic E-state index is -3.68. The van der Waals surface area contributed by atoms with Gasteiger partial charge < -0.3 is 20.1 Å². The molecule has 128 valence electrons. The average molecular weight is 352 g/mol. The summed E-state index contributed by atoms with van der Waals surface area (Å²) in [6.45, 7) is 3.20. The van der Waals surface area contributed by atoms with Crippen molar-refractivity contribution in [2.24, 2.45) is 0 Å². The third-order valence-electron chi connectivity index (χ3n) is 3.95. The predicted molar refractivity (Wildman–Crippen MR) is 84.6 cm³/mol. The molecule has 0 saturated heterocycles. The van der Waals surface area contributed by atoms with Gasteiger partial charge in [0.1, 0.15) is 0 Å². The van der Waals surface area contributed by atoms with Crippen LogP contribution in [0.4, 0.5) is 0 Å². The number of hydrogen-bond donors (Lipinski definition) is 3. The van der Waals surface area contributed by atoms with Gasteiger partial charge in [-0.1, -0.05) is 12.1 Å². The molecule has 1 atom stereocenters. The second-order valence-corrected chi connectivity index (χ2v) is 7.61. The van der Waals surface area contributed by atoms with Gasteiger partial charge in [0.15, 0.2) is 21.3 Å². The molecule has 0 bridgehead atoms. The second kappa shape index (κ2) is 5.53. The molecule has 9 heteroatoms. The molecule has 8 nitrogen and oxygen atoms in total. The number of para-hydroxylation sites is 1. The maximum Gasteiger partial charge on any atom is 0.334 e. The number of rotatable bonds is 3. The van der Waals surface area contributed by atoms with Crippen molar-refractivity contribution < 1.29 is 28.0 Å². The van der Waals surface area contributed by atoms with Crippen LogP contribution in [0.25, 0.3) is 0 Å². The molecule has 0 fully saturated rings. The Bertz CT molecular complexity index is 901. The molecule has 2 heterocycles. The summed E-state index contributed by atoms with van der Waals surface area (Å²) in [5, 5.41) is 12.5. The summed E-state index contributed by atoms with van der Waals surface area (Å²) in [6.07, 6.45) is 1.05. The number of hydrogen-bond acceptors (Lipinski definition) is 7. The van der Waals surface area contributed by atoms with Crippen molar-refractivity contribution in [1.29, 1.82) is 0 Å².